The van der Waals surface area contributed by atoms with E-state index < -0.39 is 13.6 Å². The van der Waals surface area contributed by atoms with Gasteiger partial charge in [0.2, 0.25) is 0 Å². The SMILES string of the molecule is CC1=Nc2ccccc2[N-]/C(C)=C\C(C)=Nc2ccccc2[N-]/C(C)=C\1.CC1=Nc2ccccc2[N-]/C(C)=C\C(C)=Nc2ccccc2[N-]/C(C)=C\1.[Cl][Ge][ClH+].[Ge]. The summed E-state index contributed by atoms with van der Waals surface area (Å²) in [7, 11) is 9.22. The van der Waals surface area contributed by atoms with Gasteiger partial charge >= 0.3 is 33.6 Å². The Bertz CT molecular complexity index is 1910. The van der Waals surface area contributed by atoms with Gasteiger partial charge in [0, 0.05) is 63.2 Å². The first-order valence-corrected chi connectivity index (χ1v) is 23.3. The van der Waals surface area contributed by atoms with E-state index in [4.69, 9.17) is 51.2 Å². The van der Waals surface area contributed by atoms with Crippen LogP contribution in [0.5, 0.6) is 0 Å². The van der Waals surface area contributed by atoms with E-state index in [0.717, 1.165) is 91.1 Å². The van der Waals surface area contributed by atoms with Crippen molar-refractivity contribution >= 4 is 110 Å². The van der Waals surface area contributed by atoms with Gasteiger partial charge in [0.25, 0.3) is 0 Å². The summed E-state index contributed by atoms with van der Waals surface area (Å²) in [5, 5.41) is 18.9. The summed E-state index contributed by atoms with van der Waals surface area (Å²) < 4.78 is 0. The number of aliphatic imine (C=N–C) groups is 4. The normalized spacial score (nSPS) is 17.9. The molecular formula is C44H45Cl2Ge2N8-3. The summed E-state index contributed by atoms with van der Waals surface area (Å²) in [6.45, 7) is 15.8. The second-order valence-corrected chi connectivity index (χ2v) is 16.2. The molecule has 6 rings (SSSR count). The minimum atomic E-state index is -0.444. The number of halogens is 2. The van der Waals surface area contributed by atoms with E-state index in [9.17, 15) is 0 Å². The summed E-state index contributed by atoms with van der Waals surface area (Å²) >= 11 is -0.444. The molecule has 2 aliphatic rings. The van der Waals surface area contributed by atoms with Gasteiger partial charge in [-0.15, -0.1) is 22.7 Å². The van der Waals surface area contributed by atoms with Crippen LogP contribution in [0.4, 0.5) is 45.5 Å². The van der Waals surface area contributed by atoms with Crippen molar-refractivity contribution in [2.75, 3.05) is 0 Å². The number of para-hydroxylation sites is 8. The van der Waals surface area contributed by atoms with E-state index in [1.54, 1.807) is 0 Å². The Hall–Kier alpha value is -4.61. The second kappa shape index (κ2) is 23.5. The number of hydrogen-bond donors (Lipinski definition) is 0. The summed E-state index contributed by atoms with van der Waals surface area (Å²) in [6, 6.07) is 31.5. The van der Waals surface area contributed by atoms with Crippen molar-refractivity contribution < 1.29 is 10.0 Å². The molecular weight excluding hydrogens is 857 g/mol. The Balaban J connectivity index is 0.000000276. The van der Waals surface area contributed by atoms with Gasteiger partial charge in [-0.05, 0) is 52.0 Å². The molecule has 0 fully saturated rings. The summed E-state index contributed by atoms with van der Waals surface area (Å²) in [5.41, 5.74) is 13.8. The zero-order valence-electron chi connectivity index (χ0n) is 32.9. The van der Waals surface area contributed by atoms with Crippen LogP contribution >= 0.6 is 10.0 Å². The number of benzene rings is 4. The molecule has 0 aliphatic carbocycles. The van der Waals surface area contributed by atoms with Crippen LogP contribution in [0.25, 0.3) is 21.3 Å². The van der Waals surface area contributed by atoms with Crippen LogP contribution in [0.2, 0.25) is 0 Å². The predicted molar refractivity (Wildman–Crippen MR) is 243 cm³/mol. The zero-order chi connectivity index (χ0) is 39.7. The van der Waals surface area contributed by atoms with Crippen molar-refractivity contribution in [3.8, 4) is 0 Å². The molecule has 286 valence electrons. The molecule has 0 spiro atoms. The molecule has 6 radical (unpaired) electrons. The third kappa shape index (κ3) is 15.1. The van der Waals surface area contributed by atoms with Crippen LogP contribution in [0, 0.1) is 10.0 Å². The Morgan fingerprint density at radius 3 is 0.768 bits per heavy atom. The molecule has 0 bridgehead atoms. The molecule has 0 saturated heterocycles. The fourth-order valence-corrected chi connectivity index (χ4v) is 5.60. The smallest absolute Gasteiger partial charge is 0 e. The van der Waals surface area contributed by atoms with Crippen LogP contribution in [-0.2, 0) is 0 Å². The van der Waals surface area contributed by atoms with E-state index in [-0.39, 0.29) is 17.6 Å². The third-order valence-corrected chi connectivity index (χ3v) is 7.57. The fraction of sp³-hybridized carbons (Fsp3) is 0.182. The van der Waals surface area contributed by atoms with Gasteiger partial charge in [0.05, 0.1) is 0 Å². The molecule has 12 heteroatoms. The third-order valence-electron chi connectivity index (χ3n) is 7.57. The average Bonchev–Trinajstić information content (AvgIpc) is 3.11. The standard InChI is InChI=1S/2C22H22N4.Cl2GeH.Ge/c2*1-15-13-16(2)24-21-11-7-8-12-22(21)26-18(4)14-17(3)25-20-10-6-5-9-19(20)23-15;1-3-2;/h2*5-14H,1-4H3;1H;/q2*-2;+1;/b2*15-13-,18-14-,24-16?,25-17?;;. The van der Waals surface area contributed by atoms with Crippen molar-refractivity contribution in [1.82, 2.24) is 0 Å². The first-order valence-electron chi connectivity index (χ1n) is 17.6. The van der Waals surface area contributed by atoms with Crippen LogP contribution < -0.4 is 0 Å². The molecule has 2 aliphatic heterocycles. The van der Waals surface area contributed by atoms with Gasteiger partial charge in [-0.25, -0.2) is 0 Å². The number of hydrogen-bond acceptors (Lipinski definition) is 4. The number of allylic oxidation sites excluding steroid dienone is 8. The van der Waals surface area contributed by atoms with Crippen LogP contribution in [-0.4, -0.2) is 54.0 Å². The molecule has 2 heterocycles. The summed E-state index contributed by atoms with van der Waals surface area (Å²) in [4.78, 5) is 18.9. The number of nitrogens with zero attached hydrogens (tertiary/aromatic N) is 8. The predicted octanol–water partition coefficient (Wildman–Crippen LogP) is 14.5. The summed E-state index contributed by atoms with van der Waals surface area (Å²) in [5.74, 6) is 0. The number of rotatable bonds is 0. The minimum Gasteiger partial charge on any atom is 0 e. The molecule has 4 aromatic carbocycles. The van der Waals surface area contributed by atoms with E-state index in [0.29, 0.717) is 0 Å². The van der Waals surface area contributed by atoms with Crippen LogP contribution in [0.3, 0.4) is 0 Å². The number of fused-ring (bicyclic) bond motifs is 4. The van der Waals surface area contributed by atoms with Crippen molar-refractivity contribution in [1.29, 1.82) is 0 Å². The van der Waals surface area contributed by atoms with E-state index in [1.807, 2.05) is 177 Å². The Labute approximate surface area is 358 Å². The first-order chi connectivity index (χ1) is 26.4. The molecule has 4 aromatic rings. The molecule has 0 N–H and O–H groups in total. The maximum absolute atomic E-state index is 4.94. The monoisotopic (exact) mass is 903 g/mol. The van der Waals surface area contributed by atoms with E-state index in [2.05, 4.69) is 10.0 Å². The van der Waals surface area contributed by atoms with Gasteiger partial charge in [-0.2, -0.15) is 22.8 Å². The van der Waals surface area contributed by atoms with Crippen molar-refractivity contribution in [2.45, 2.75) is 55.4 Å². The van der Waals surface area contributed by atoms with Crippen LogP contribution in [0.15, 0.2) is 164 Å². The topological polar surface area (TPSA) is 106 Å². The first kappa shape index (κ1) is 45.8. The van der Waals surface area contributed by atoms with Crippen LogP contribution in [0.1, 0.15) is 55.4 Å². The van der Waals surface area contributed by atoms with Gasteiger partial charge in [-0.3, -0.25) is 20.0 Å². The van der Waals surface area contributed by atoms with E-state index >= 15 is 0 Å². The minimum absolute atomic E-state index is 0. The van der Waals surface area contributed by atoms with E-state index in [1.165, 1.54) is 0 Å². The fourth-order valence-electron chi connectivity index (χ4n) is 5.60. The maximum atomic E-state index is 4.94. The van der Waals surface area contributed by atoms with Gasteiger partial charge in [0.15, 0.2) is 0 Å². The maximum Gasteiger partial charge on any atom is 0 e. The summed E-state index contributed by atoms with van der Waals surface area (Å²) in [6.07, 6.45) is 7.88. The second-order valence-electron chi connectivity index (χ2n) is 12.6. The zero-order valence-corrected chi connectivity index (χ0v) is 38.7. The Kier molecular flexibility index (Phi) is 19.2. The average molecular weight is 902 g/mol. The molecule has 8 nitrogen and oxygen atoms in total. The molecule has 0 atom stereocenters. The Morgan fingerprint density at radius 1 is 0.393 bits per heavy atom. The molecule has 56 heavy (non-hydrogen) atoms. The van der Waals surface area contributed by atoms with Gasteiger partial charge in [-0.1, -0.05) is 125 Å². The quantitative estimate of drug-likeness (QED) is 0.157. The molecule has 0 amide bonds. The van der Waals surface area contributed by atoms with Crippen molar-refractivity contribution in [2.24, 2.45) is 20.0 Å². The molecule has 0 aromatic heterocycles. The Morgan fingerprint density at radius 2 is 0.571 bits per heavy atom. The molecule has 0 unspecified atom stereocenters. The van der Waals surface area contributed by atoms with Crippen molar-refractivity contribution in [3.05, 3.63) is 165 Å². The van der Waals surface area contributed by atoms with Gasteiger partial charge < -0.3 is 21.3 Å². The molecule has 0 saturated carbocycles. The van der Waals surface area contributed by atoms with Gasteiger partial charge in [0.1, 0.15) is 0 Å². The largest absolute Gasteiger partial charge is 0 e. The van der Waals surface area contributed by atoms with Crippen molar-refractivity contribution in [3.63, 3.8) is 0 Å².